The number of fused-ring (bicyclic) bond motifs is 1. The van der Waals surface area contributed by atoms with Crippen LogP contribution < -0.4 is 11.3 Å². The molecule has 28 heavy (non-hydrogen) atoms. The second-order valence-electron chi connectivity index (χ2n) is 7.24. The van der Waals surface area contributed by atoms with Crippen LogP contribution in [0.4, 0.5) is 0 Å². The highest BCUT2D eigenvalue weighted by Crippen LogP contribution is 2.21. The van der Waals surface area contributed by atoms with Gasteiger partial charge in [-0.1, -0.05) is 65.7 Å². The molecule has 4 nitrogen and oxygen atoms in total. The van der Waals surface area contributed by atoms with Gasteiger partial charge in [0.15, 0.2) is 0 Å². The van der Waals surface area contributed by atoms with Crippen molar-refractivity contribution in [1.82, 2.24) is 9.55 Å². The lowest BCUT2D eigenvalue weighted by Crippen LogP contribution is -2.24. The number of hydrogen-bond acceptors (Lipinski definition) is 3. The molecule has 0 atom stereocenters. The smallest absolute Gasteiger partial charge is 0.261 e. The minimum absolute atomic E-state index is 0.0255. The minimum atomic E-state index is -0.0255. The summed E-state index contributed by atoms with van der Waals surface area (Å²) in [5.74, 6) is 0.680. The molecule has 0 radical (unpaired) electrons. The quantitative estimate of drug-likeness (QED) is 0.587. The predicted molar refractivity (Wildman–Crippen MR) is 114 cm³/mol. The van der Waals surface area contributed by atoms with Crippen LogP contribution in [0.3, 0.4) is 0 Å². The summed E-state index contributed by atoms with van der Waals surface area (Å²) in [7, 11) is 0. The van der Waals surface area contributed by atoms with Crippen LogP contribution in [0.2, 0.25) is 0 Å². The maximum Gasteiger partial charge on any atom is 0.261 e. The van der Waals surface area contributed by atoms with Gasteiger partial charge in [-0.25, -0.2) is 4.98 Å². The second-order valence-corrected chi connectivity index (χ2v) is 7.24. The number of nitrogens with zero attached hydrogens (tertiary/aromatic N) is 2. The molecule has 0 amide bonds. The maximum absolute atomic E-state index is 13.4. The number of hydrogen-bond donors (Lipinski definition) is 1. The third kappa shape index (κ3) is 3.47. The highest BCUT2D eigenvalue weighted by atomic mass is 16.1. The van der Waals surface area contributed by atoms with Gasteiger partial charge in [-0.2, -0.15) is 0 Å². The molecule has 0 saturated carbocycles. The average Bonchev–Trinajstić information content (AvgIpc) is 2.71. The predicted octanol–water partition coefficient (Wildman–Crippen LogP) is 4.19. The van der Waals surface area contributed by atoms with Gasteiger partial charge in [0.25, 0.3) is 5.56 Å². The fourth-order valence-corrected chi connectivity index (χ4v) is 3.44. The lowest BCUT2D eigenvalue weighted by Gasteiger charge is -2.15. The van der Waals surface area contributed by atoms with E-state index < -0.39 is 0 Å². The van der Waals surface area contributed by atoms with E-state index in [0.29, 0.717) is 24.3 Å². The van der Waals surface area contributed by atoms with Crippen LogP contribution in [0, 0.1) is 13.8 Å². The van der Waals surface area contributed by atoms with Crippen molar-refractivity contribution >= 4 is 10.9 Å². The third-order valence-electron chi connectivity index (χ3n) is 4.99. The Bertz CT molecular complexity index is 1210. The number of aryl methyl sites for hydroxylation is 2. The molecule has 0 aliphatic carbocycles. The molecule has 140 valence electrons. The van der Waals surface area contributed by atoms with Gasteiger partial charge in [-0.3, -0.25) is 9.36 Å². The Morgan fingerprint density at radius 3 is 2.36 bits per heavy atom. The lowest BCUT2D eigenvalue weighted by molar-refractivity contribution is 0.758. The van der Waals surface area contributed by atoms with Gasteiger partial charge in [-0.15, -0.1) is 0 Å². The van der Waals surface area contributed by atoms with E-state index in [2.05, 4.69) is 0 Å². The minimum Gasteiger partial charge on any atom is -0.326 e. The van der Waals surface area contributed by atoms with Gasteiger partial charge in [0.1, 0.15) is 5.82 Å². The van der Waals surface area contributed by atoms with Crippen LogP contribution in [-0.4, -0.2) is 9.55 Å². The molecule has 0 unspecified atom stereocenters. The van der Waals surface area contributed by atoms with Crippen LogP contribution in [0.15, 0.2) is 71.5 Å². The SMILES string of the molecule is Cc1ccc(-c2nc3ccc(C)cc3c(=O)n2Cc2cccc(CN)c2)cc1. The normalized spacial score (nSPS) is 11.1. The van der Waals surface area contributed by atoms with E-state index in [-0.39, 0.29) is 5.56 Å². The molecule has 0 saturated heterocycles. The van der Waals surface area contributed by atoms with Crippen molar-refractivity contribution in [3.8, 4) is 11.4 Å². The van der Waals surface area contributed by atoms with E-state index in [4.69, 9.17) is 10.7 Å². The number of aromatic nitrogens is 2. The van der Waals surface area contributed by atoms with Crippen LogP contribution >= 0.6 is 0 Å². The molecule has 0 bridgehead atoms. The summed E-state index contributed by atoms with van der Waals surface area (Å²) in [6, 6.07) is 22.0. The Morgan fingerprint density at radius 2 is 1.61 bits per heavy atom. The molecule has 0 aliphatic heterocycles. The monoisotopic (exact) mass is 369 g/mol. The van der Waals surface area contributed by atoms with Crippen molar-refractivity contribution in [3.05, 3.63) is 99.3 Å². The molecule has 4 rings (SSSR count). The number of nitrogens with two attached hydrogens (primary N) is 1. The van der Waals surface area contributed by atoms with Gasteiger partial charge in [0.2, 0.25) is 0 Å². The topological polar surface area (TPSA) is 60.9 Å². The molecule has 3 aromatic carbocycles. The summed E-state index contributed by atoms with van der Waals surface area (Å²) in [6.45, 7) is 4.96. The summed E-state index contributed by atoms with van der Waals surface area (Å²) in [6.07, 6.45) is 0. The Hall–Kier alpha value is -3.24. The molecule has 0 aliphatic rings. The zero-order valence-electron chi connectivity index (χ0n) is 16.1. The lowest BCUT2D eigenvalue weighted by atomic mass is 10.1. The van der Waals surface area contributed by atoms with E-state index in [1.165, 1.54) is 5.56 Å². The van der Waals surface area contributed by atoms with Crippen LogP contribution in [-0.2, 0) is 13.1 Å². The first-order valence-corrected chi connectivity index (χ1v) is 9.41. The van der Waals surface area contributed by atoms with Crippen molar-refractivity contribution in [2.45, 2.75) is 26.9 Å². The molecular formula is C24H23N3O. The van der Waals surface area contributed by atoms with E-state index in [1.54, 1.807) is 4.57 Å². The van der Waals surface area contributed by atoms with E-state index in [9.17, 15) is 4.79 Å². The molecular weight excluding hydrogens is 346 g/mol. The summed E-state index contributed by atoms with van der Waals surface area (Å²) in [4.78, 5) is 18.3. The summed E-state index contributed by atoms with van der Waals surface area (Å²) in [5.41, 5.74) is 11.7. The molecule has 1 aromatic heterocycles. The molecule has 2 N–H and O–H groups in total. The fraction of sp³-hybridized carbons (Fsp3) is 0.167. The van der Waals surface area contributed by atoms with E-state index in [1.807, 2.05) is 80.6 Å². The summed E-state index contributed by atoms with van der Waals surface area (Å²) >= 11 is 0. The molecule has 0 fully saturated rings. The highest BCUT2D eigenvalue weighted by molar-refractivity contribution is 5.80. The van der Waals surface area contributed by atoms with E-state index >= 15 is 0 Å². The number of benzene rings is 3. The van der Waals surface area contributed by atoms with Gasteiger partial charge in [-0.05, 0) is 37.1 Å². The van der Waals surface area contributed by atoms with Crippen molar-refractivity contribution in [2.24, 2.45) is 5.73 Å². The first kappa shape index (κ1) is 18.1. The van der Waals surface area contributed by atoms with Crippen LogP contribution in [0.5, 0.6) is 0 Å². The molecule has 0 spiro atoms. The van der Waals surface area contributed by atoms with Crippen molar-refractivity contribution in [1.29, 1.82) is 0 Å². The first-order valence-electron chi connectivity index (χ1n) is 9.41. The van der Waals surface area contributed by atoms with Gasteiger partial charge < -0.3 is 5.73 Å². The summed E-state index contributed by atoms with van der Waals surface area (Å²) < 4.78 is 1.77. The Morgan fingerprint density at radius 1 is 0.893 bits per heavy atom. The average molecular weight is 369 g/mol. The second kappa shape index (κ2) is 7.41. The standard InChI is InChI=1S/C24H23N3O/c1-16-6-9-20(10-7-16)23-26-22-11-8-17(2)12-21(22)24(28)27(23)15-19-5-3-4-18(13-19)14-25/h3-13H,14-15,25H2,1-2H3. The van der Waals surface area contributed by atoms with Crippen LogP contribution in [0.25, 0.3) is 22.3 Å². The van der Waals surface area contributed by atoms with Crippen molar-refractivity contribution in [2.75, 3.05) is 0 Å². The van der Waals surface area contributed by atoms with E-state index in [0.717, 1.165) is 27.8 Å². The van der Waals surface area contributed by atoms with Gasteiger partial charge >= 0.3 is 0 Å². The molecule has 4 heteroatoms. The third-order valence-corrected chi connectivity index (χ3v) is 4.99. The zero-order chi connectivity index (χ0) is 19.7. The zero-order valence-corrected chi connectivity index (χ0v) is 16.1. The maximum atomic E-state index is 13.4. The highest BCUT2D eigenvalue weighted by Gasteiger charge is 2.14. The molecule has 1 heterocycles. The Kier molecular flexibility index (Phi) is 4.80. The Labute approximate surface area is 164 Å². The first-order chi connectivity index (χ1) is 13.5. The Balaban J connectivity index is 1.95. The summed E-state index contributed by atoms with van der Waals surface area (Å²) in [5, 5.41) is 0.644. The van der Waals surface area contributed by atoms with Crippen LogP contribution in [0.1, 0.15) is 22.3 Å². The fourth-order valence-electron chi connectivity index (χ4n) is 3.44. The van der Waals surface area contributed by atoms with Crippen molar-refractivity contribution in [3.63, 3.8) is 0 Å². The van der Waals surface area contributed by atoms with Crippen molar-refractivity contribution < 1.29 is 0 Å². The largest absolute Gasteiger partial charge is 0.326 e. The number of rotatable bonds is 4. The molecule has 4 aromatic rings. The van der Waals surface area contributed by atoms with Gasteiger partial charge in [0.05, 0.1) is 17.4 Å². The van der Waals surface area contributed by atoms with Gasteiger partial charge in [0, 0.05) is 12.1 Å².